The maximum Gasteiger partial charge on any atom is 0.246 e. The van der Waals surface area contributed by atoms with Gasteiger partial charge in [0.1, 0.15) is 16.4 Å². The number of sulfonamides is 1. The molecule has 1 heterocycles. The van der Waals surface area contributed by atoms with E-state index >= 15 is 0 Å². The van der Waals surface area contributed by atoms with Gasteiger partial charge in [-0.2, -0.15) is 4.31 Å². The predicted octanol–water partition coefficient (Wildman–Crippen LogP) is 1.08. The Kier molecular flexibility index (Phi) is 5.08. The molecule has 0 bridgehead atoms. The van der Waals surface area contributed by atoms with Gasteiger partial charge in [-0.25, -0.2) is 8.42 Å². The van der Waals surface area contributed by atoms with Crippen LogP contribution in [0.25, 0.3) is 0 Å². The third-order valence-corrected chi connectivity index (χ3v) is 5.78. The molecule has 0 saturated carbocycles. The van der Waals surface area contributed by atoms with E-state index in [1.54, 1.807) is 19.2 Å². The lowest BCUT2D eigenvalue weighted by atomic mass is 10.1. The highest BCUT2D eigenvalue weighted by molar-refractivity contribution is 7.89. The number of rotatable bonds is 5. The molecular formula is C14H22N2O4S. The summed E-state index contributed by atoms with van der Waals surface area (Å²) in [6.07, 6.45) is 1.62. The van der Waals surface area contributed by atoms with Crippen molar-refractivity contribution in [3.05, 3.63) is 18.2 Å². The van der Waals surface area contributed by atoms with Gasteiger partial charge in [0.05, 0.1) is 14.2 Å². The van der Waals surface area contributed by atoms with Gasteiger partial charge in [0.2, 0.25) is 10.0 Å². The molecule has 0 aliphatic carbocycles. The summed E-state index contributed by atoms with van der Waals surface area (Å²) >= 11 is 0. The molecule has 0 spiro atoms. The number of benzene rings is 1. The molecule has 1 N–H and O–H groups in total. The van der Waals surface area contributed by atoms with E-state index in [2.05, 4.69) is 5.32 Å². The second-order valence-electron chi connectivity index (χ2n) is 5.02. The van der Waals surface area contributed by atoms with Gasteiger partial charge in [-0.3, -0.25) is 0 Å². The van der Waals surface area contributed by atoms with Gasteiger partial charge in [-0.05, 0) is 38.1 Å². The van der Waals surface area contributed by atoms with Crippen molar-refractivity contribution in [1.29, 1.82) is 0 Å². The Labute approximate surface area is 126 Å². The second kappa shape index (κ2) is 6.64. The first kappa shape index (κ1) is 16.1. The lowest BCUT2D eigenvalue weighted by molar-refractivity contribution is 0.295. The molecular weight excluding hydrogens is 292 g/mol. The molecule has 1 aliphatic heterocycles. The average molecular weight is 314 g/mol. The van der Waals surface area contributed by atoms with Gasteiger partial charge >= 0.3 is 0 Å². The molecule has 1 saturated heterocycles. The van der Waals surface area contributed by atoms with E-state index in [0.29, 0.717) is 11.5 Å². The molecule has 1 aromatic rings. The van der Waals surface area contributed by atoms with Crippen LogP contribution in [-0.4, -0.2) is 53.1 Å². The van der Waals surface area contributed by atoms with Crippen LogP contribution in [0.15, 0.2) is 23.1 Å². The van der Waals surface area contributed by atoms with E-state index in [1.165, 1.54) is 24.6 Å². The number of ether oxygens (including phenoxy) is 2. The van der Waals surface area contributed by atoms with Crippen LogP contribution in [0.1, 0.15) is 12.8 Å². The van der Waals surface area contributed by atoms with E-state index < -0.39 is 10.0 Å². The highest BCUT2D eigenvalue weighted by Gasteiger charge is 2.31. The summed E-state index contributed by atoms with van der Waals surface area (Å²) in [5.41, 5.74) is 0. The van der Waals surface area contributed by atoms with Gasteiger partial charge in [0.25, 0.3) is 0 Å². The molecule has 0 amide bonds. The number of piperidine rings is 1. The minimum absolute atomic E-state index is 0.00663. The maximum absolute atomic E-state index is 12.8. The lowest BCUT2D eigenvalue weighted by Crippen LogP contribution is -2.43. The molecule has 0 aromatic heterocycles. The van der Waals surface area contributed by atoms with Gasteiger partial charge in [-0.15, -0.1) is 0 Å². The zero-order chi connectivity index (χ0) is 15.5. The Morgan fingerprint density at radius 1 is 1.19 bits per heavy atom. The molecule has 0 radical (unpaired) electrons. The smallest absolute Gasteiger partial charge is 0.246 e. The summed E-state index contributed by atoms with van der Waals surface area (Å²) < 4.78 is 37.5. The quantitative estimate of drug-likeness (QED) is 0.881. The topological polar surface area (TPSA) is 67.9 Å². The van der Waals surface area contributed by atoms with E-state index in [4.69, 9.17) is 9.47 Å². The van der Waals surface area contributed by atoms with Crippen molar-refractivity contribution in [1.82, 2.24) is 9.62 Å². The van der Waals surface area contributed by atoms with Crippen molar-refractivity contribution in [2.45, 2.75) is 23.8 Å². The summed E-state index contributed by atoms with van der Waals surface area (Å²) in [5.74, 6) is 0.824. The summed E-state index contributed by atoms with van der Waals surface area (Å²) in [6.45, 7) is 1.67. The van der Waals surface area contributed by atoms with Crippen LogP contribution in [0.4, 0.5) is 0 Å². The Bertz CT molecular complexity index is 583. The molecule has 118 valence electrons. The number of methoxy groups -OCH3 is 2. The Morgan fingerprint density at radius 2 is 1.86 bits per heavy atom. The average Bonchev–Trinajstić information content (AvgIpc) is 2.54. The van der Waals surface area contributed by atoms with Gasteiger partial charge < -0.3 is 14.8 Å². The van der Waals surface area contributed by atoms with E-state index in [1.807, 2.05) is 0 Å². The number of nitrogens with one attached hydrogen (secondary N) is 1. The van der Waals surface area contributed by atoms with Crippen LogP contribution in [-0.2, 0) is 10.0 Å². The molecule has 0 unspecified atom stereocenters. The Hall–Kier alpha value is -1.31. The predicted molar refractivity (Wildman–Crippen MR) is 80.4 cm³/mol. The SMILES string of the molecule is COc1ccc(OC)c(S(=O)(=O)N(C)C2CCNCC2)c1. The molecule has 6 nitrogen and oxygen atoms in total. The standard InChI is InChI=1S/C14H22N2O4S/c1-16(11-6-8-15-9-7-11)21(17,18)14-10-12(19-2)4-5-13(14)20-3/h4-5,10-11,15H,6-9H2,1-3H3. The number of hydrogen-bond acceptors (Lipinski definition) is 5. The maximum atomic E-state index is 12.8. The fraction of sp³-hybridized carbons (Fsp3) is 0.571. The highest BCUT2D eigenvalue weighted by atomic mass is 32.2. The van der Waals surface area contributed by atoms with Gasteiger partial charge in [0.15, 0.2) is 0 Å². The number of hydrogen-bond donors (Lipinski definition) is 1. The van der Waals surface area contributed by atoms with Crippen molar-refractivity contribution >= 4 is 10.0 Å². The summed E-state index contributed by atoms with van der Waals surface area (Å²) in [5, 5.41) is 3.24. The molecule has 1 aliphatic rings. The normalized spacial score (nSPS) is 17.0. The van der Waals surface area contributed by atoms with Crippen molar-refractivity contribution in [3.63, 3.8) is 0 Å². The fourth-order valence-corrected chi connectivity index (χ4v) is 4.09. The molecule has 21 heavy (non-hydrogen) atoms. The number of nitrogens with zero attached hydrogens (tertiary/aromatic N) is 1. The van der Waals surface area contributed by atoms with Crippen LogP contribution in [0, 0.1) is 0 Å². The fourth-order valence-electron chi connectivity index (χ4n) is 2.51. The van der Waals surface area contributed by atoms with Gasteiger partial charge in [-0.1, -0.05) is 0 Å². The molecule has 2 rings (SSSR count). The summed E-state index contributed by atoms with van der Waals surface area (Å²) in [6, 6.07) is 4.81. The van der Waals surface area contributed by atoms with Crippen molar-refractivity contribution in [2.75, 3.05) is 34.4 Å². The first-order valence-electron chi connectivity index (χ1n) is 6.91. The Morgan fingerprint density at radius 3 is 2.43 bits per heavy atom. The van der Waals surface area contributed by atoms with E-state index in [0.717, 1.165) is 25.9 Å². The molecule has 1 fully saturated rings. The summed E-state index contributed by atoms with van der Waals surface area (Å²) in [7, 11) is 0.988. The van der Waals surface area contributed by atoms with Crippen molar-refractivity contribution in [3.8, 4) is 11.5 Å². The third kappa shape index (κ3) is 3.30. The van der Waals surface area contributed by atoms with Crippen molar-refractivity contribution in [2.24, 2.45) is 0 Å². The first-order chi connectivity index (χ1) is 10.0. The first-order valence-corrected chi connectivity index (χ1v) is 8.35. The monoisotopic (exact) mass is 314 g/mol. The molecule has 1 aromatic carbocycles. The molecule has 0 atom stereocenters. The minimum Gasteiger partial charge on any atom is -0.497 e. The van der Waals surface area contributed by atoms with Crippen molar-refractivity contribution < 1.29 is 17.9 Å². The second-order valence-corrected chi connectivity index (χ2v) is 6.99. The minimum atomic E-state index is -3.61. The van der Waals surface area contributed by atoms with E-state index in [9.17, 15) is 8.42 Å². The van der Waals surface area contributed by atoms with Crippen LogP contribution in [0.3, 0.4) is 0 Å². The van der Waals surface area contributed by atoms with Crippen LogP contribution < -0.4 is 14.8 Å². The largest absolute Gasteiger partial charge is 0.497 e. The van der Waals surface area contributed by atoms with Gasteiger partial charge in [0, 0.05) is 19.2 Å². The summed E-state index contributed by atoms with van der Waals surface area (Å²) in [4.78, 5) is 0.144. The van der Waals surface area contributed by atoms with Crippen LogP contribution >= 0.6 is 0 Å². The lowest BCUT2D eigenvalue weighted by Gasteiger charge is -2.31. The van der Waals surface area contributed by atoms with E-state index in [-0.39, 0.29) is 10.9 Å². The molecule has 7 heteroatoms. The Balaban J connectivity index is 2.37. The third-order valence-electron chi connectivity index (χ3n) is 3.85. The zero-order valence-corrected chi connectivity index (χ0v) is 13.4. The van der Waals surface area contributed by atoms with Crippen LogP contribution in [0.5, 0.6) is 11.5 Å². The van der Waals surface area contributed by atoms with Crippen LogP contribution in [0.2, 0.25) is 0 Å². The zero-order valence-electron chi connectivity index (χ0n) is 12.6. The highest BCUT2D eigenvalue weighted by Crippen LogP contribution is 2.31.